The molecule has 0 amide bonds. The zero-order valence-electron chi connectivity index (χ0n) is 10.3. The molecule has 0 saturated carbocycles. The minimum Gasteiger partial charge on any atom is -0.426 e. The van der Waals surface area contributed by atoms with Gasteiger partial charge in [0.05, 0.1) is 10.6 Å². The first-order valence-electron chi connectivity index (χ1n) is 5.46. The second-order valence-electron chi connectivity index (χ2n) is 4.04. The highest BCUT2D eigenvalue weighted by molar-refractivity contribution is 5.94. The lowest BCUT2D eigenvalue weighted by Gasteiger charge is -2.02. The molecule has 19 heavy (non-hydrogen) atoms. The summed E-state index contributed by atoms with van der Waals surface area (Å²) in [5, 5.41) is 20.6. The highest BCUT2D eigenvalue weighted by atomic mass is 16.6. The first-order valence-corrected chi connectivity index (χ1v) is 5.46. The number of ketones is 1. The van der Waals surface area contributed by atoms with E-state index in [0.717, 1.165) is 0 Å². The number of rotatable bonds is 3. The van der Waals surface area contributed by atoms with Gasteiger partial charge in [-0.1, -0.05) is 12.1 Å². The Hall–Kier alpha value is -2.70. The van der Waals surface area contributed by atoms with E-state index in [-0.39, 0.29) is 23.0 Å². The lowest BCUT2D eigenvalue weighted by Crippen LogP contribution is -2.05. The van der Waals surface area contributed by atoms with Crippen molar-refractivity contribution < 1.29 is 14.9 Å². The molecule has 0 saturated heterocycles. The highest BCUT2D eigenvalue weighted by Gasteiger charge is 2.19. The Morgan fingerprint density at radius 1 is 1.47 bits per heavy atom. The second kappa shape index (κ2) is 4.52. The molecule has 0 fully saturated rings. The third-order valence-corrected chi connectivity index (χ3v) is 2.68. The summed E-state index contributed by atoms with van der Waals surface area (Å²) in [7, 11) is 0. The van der Waals surface area contributed by atoms with E-state index in [1.54, 1.807) is 13.0 Å². The van der Waals surface area contributed by atoms with E-state index in [2.05, 4.69) is 4.98 Å². The Morgan fingerprint density at radius 3 is 2.68 bits per heavy atom. The molecule has 0 radical (unpaired) electrons. The maximum atomic E-state index is 11.4. The number of nitrogens with zero attached hydrogens (tertiary/aromatic N) is 3. The maximum absolute atomic E-state index is 11.4. The van der Waals surface area contributed by atoms with Crippen LogP contribution in [-0.2, 0) is 0 Å². The van der Waals surface area contributed by atoms with Crippen molar-refractivity contribution in [2.24, 2.45) is 0 Å². The molecule has 0 bridgehead atoms. The maximum Gasteiger partial charge on any atom is 0.270 e. The van der Waals surface area contributed by atoms with E-state index in [0.29, 0.717) is 16.0 Å². The van der Waals surface area contributed by atoms with Gasteiger partial charge in [-0.3, -0.25) is 14.9 Å². The third kappa shape index (κ3) is 2.17. The normalized spacial score (nSPS) is 10.4. The Balaban J connectivity index is 2.60. The summed E-state index contributed by atoms with van der Waals surface area (Å²) < 4.78 is 0.663. The lowest BCUT2D eigenvalue weighted by molar-refractivity contribution is -0.384. The summed E-state index contributed by atoms with van der Waals surface area (Å²) in [6.45, 7) is 2.90. The smallest absolute Gasteiger partial charge is 0.270 e. The summed E-state index contributed by atoms with van der Waals surface area (Å²) >= 11 is 0. The number of benzene rings is 1. The molecule has 0 aliphatic heterocycles. The summed E-state index contributed by atoms with van der Waals surface area (Å²) in [5.74, 6) is -0.226. The number of carbonyl (C=O) groups excluding carboxylic acids is 1. The Bertz CT molecular complexity index is 676. The van der Waals surface area contributed by atoms with Crippen LogP contribution in [0.3, 0.4) is 0 Å². The minimum atomic E-state index is -0.535. The van der Waals surface area contributed by atoms with Crippen molar-refractivity contribution in [3.8, 4) is 11.4 Å². The number of non-ortho nitro benzene ring substituents is 1. The predicted molar refractivity (Wildman–Crippen MR) is 66.2 cm³/mol. The van der Waals surface area contributed by atoms with Gasteiger partial charge < -0.3 is 5.21 Å². The van der Waals surface area contributed by atoms with Gasteiger partial charge in [-0.15, -0.1) is 0 Å². The van der Waals surface area contributed by atoms with Crippen LogP contribution in [0, 0.1) is 17.0 Å². The average Bonchev–Trinajstić information content (AvgIpc) is 2.65. The fourth-order valence-corrected chi connectivity index (χ4v) is 1.87. The summed E-state index contributed by atoms with van der Waals surface area (Å²) in [6.07, 6.45) is 0. The molecule has 7 nitrogen and oxygen atoms in total. The highest BCUT2D eigenvalue weighted by Crippen LogP contribution is 2.24. The van der Waals surface area contributed by atoms with Crippen LogP contribution < -0.4 is 0 Å². The van der Waals surface area contributed by atoms with Gasteiger partial charge in [-0.2, -0.15) is 4.73 Å². The molecule has 7 heteroatoms. The van der Waals surface area contributed by atoms with E-state index < -0.39 is 4.92 Å². The van der Waals surface area contributed by atoms with Crippen molar-refractivity contribution in [1.82, 2.24) is 9.71 Å². The van der Waals surface area contributed by atoms with Crippen LogP contribution in [0.15, 0.2) is 24.3 Å². The Morgan fingerprint density at radius 2 is 2.16 bits per heavy atom. The number of nitro groups is 1. The molecular formula is C12H11N3O4. The van der Waals surface area contributed by atoms with Crippen molar-refractivity contribution in [3.63, 3.8) is 0 Å². The monoisotopic (exact) mass is 261 g/mol. The number of aromatic nitrogens is 2. The number of aryl methyl sites for hydroxylation is 1. The molecule has 1 heterocycles. The number of carbonyl (C=O) groups is 1. The molecule has 0 atom stereocenters. The van der Waals surface area contributed by atoms with Crippen LogP contribution in [0.5, 0.6) is 0 Å². The first kappa shape index (κ1) is 12.7. The van der Waals surface area contributed by atoms with Gasteiger partial charge in [-0.25, -0.2) is 4.98 Å². The lowest BCUT2D eigenvalue weighted by atomic mass is 10.2. The molecular weight excluding hydrogens is 250 g/mol. The van der Waals surface area contributed by atoms with Gasteiger partial charge in [0.15, 0.2) is 11.6 Å². The van der Waals surface area contributed by atoms with Crippen molar-refractivity contribution in [2.45, 2.75) is 13.8 Å². The van der Waals surface area contributed by atoms with Gasteiger partial charge in [-0.05, 0) is 6.92 Å². The van der Waals surface area contributed by atoms with E-state index in [4.69, 9.17) is 0 Å². The van der Waals surface area contributed by atoms with Gasteiger partial charge in [0.2, 0.25) is 0 Å². The number of hydrogen-bond donors (Lipinski definition) is 1. The van der Waals surface area contributed by atoms with Crippen LogP contribution in [0.2, 0.25) is 0 Å². The molecule has 1 aromatic heterocycles. The topological polar surface area (TPSA) is 98.3 Å². The number of nitro benzene ring substituents is 1. The van der Waals surface area contributed by atoms with Crippen molar-refractivity contribution in [1.29, 1.82) is 0 Å². The summed E-state index contributed by atoms with van der Waals surface area (Å²) in [4.78, 5) is 25.6. The van der Waals surface area contributed by atoms with Gasteiger partial charge in [0, 0.05) is 24.6 Å². The predicted octanol–water partition coefficient (Wildman–Crippen LogP) is 2.21. The quantitative estimate of drug-likeness (QED) is 0.395. The average molecular weight is 261 g/mol. The fourth-order valence-electron chi connectivity index (χ4n) is 1.87. The fraction of sp³-hybridized carbons (Fsp3) is 0.167. The van der Waals surface area contributed by atoms with E-state index in [1.165, 1.54) is 25.1 Å². The third-order valence-electron chi connectivity index (χ3n) is 2.68. The largest absolute Gasteiger partial charge is 0.426 e. The van der Waals surface area contributed by atoms with Crippen molar-refractivity contribution in [3.05, 3.63) is 45.8 Å². The summed E-state index contributed by atoms with van der Waals surface area (Å²) in [6, 6.07) is 5.70. The number of imidazole rings is 1. The Labute approximate surface area is 108 Å². The number of Topliss-reactive ketones (excluding diaryl/α,β-unsaturated/α-hetero) is 1. The van der Waals surface area contributed by atoms with Crippen LogP contribution in [0.25, 0.3) is 11.4 Å². The van der Waals surface area contributed by atoms with Gasteiger partial charge in [0.25, 0.3) is 5.69 Å². The molecule has 0 spiro atoms. The van der Waals surface area contributed by atoms with E-state index >= 15 is 0 Å². The minimum absolute atomic E-state index is 0.0708. The first-order chi connectivity index (χ1) is 8.91. The SMILES string of the molecule is CC(=O)c1c(C)nc(-c2cccc([N+](=O)[O-])c2)n1O. The second-order valence-corrected chi connectivity index (χ2v) is 4.04. The zero-order chi connectivity index (χ0) is 14.2. The van der Waals surface area contributed by atoms with Crippen LogP contribution in [0.1, 0.15) is 23.1 Å². The molecule has 0 aliphatic rings. The molecule has 1 aromatic carbocycles. The van der Waals surface area contributed by atoms with Crippen molar-refractivity contribution in [2.75, 3.05) is 0 Å². The molecule has 0 unspecified atom stereocenters. The van der Waals surface area contributed by atoms with Crippen LogP contribution >= 0.6 is 0 Å². The summed E-state index contributed by atoms with van der Waals surface area (Å²) in [5.41, 5.74) is 0.702. The standard InChI is InChI=1S/C12H11N3O4/c1-7-11(8(2)16)14(17)12(13-7)9-4-3-5-10(6-9)15(18)19/h3-6,17H,1-2H3. The van der Waals surface area contributed by atoms with Gasteiger partial charge >= 0.3 is 0 Å². The van der Waals surface area contributed by atoms with Crippen LogP contribution in [-0.4, -0.2) is 25.6 Å². The van der Waals surface area contributed by atoms with E-state index in [1.807, 2.05) is 0 Å². The van der Waals surface area contributed by atoms with E-state index in [9.17, 15) is 20.1 Å². The molecule has 98 valence electrons. The van der Waals surface area contributed by atoms with Crippen molar-refractivity contribution >= 4 is 11.5 Å². The van der Waals surface area contributed by atoms with Gasteiger partial charge in [0.1, 0.15) is 5.69 Å². The molecule has 0 aliphatic carbocycles. The molecule has 1 N–H and O–H groups in total. The molecule has 2 rings (SSSR count). The molecule has 2 aromatic rings. The van der Waals surface area contributed by atoms with Crippen LogP contribution in [0.4, 0.5) is 5.69 Å². The zero-order valence-corrected chi connectivity index (χ0v) is 10.3. The number of hydrogen-bond acceptors (Lipinski definition) is 5. The Kier molecular flexibility index (Phi) is 3.04.